The van der Waals surface area contributed by atoms with Crippen molar-refractivity contribution in [3.05, 3.63) is 35.4 Å². The van der Waals surface area contributed by atoms with Crippen LogP contribution >= 0.6 is 0 Å². The molecule has 98 valence electrons. The van der Waals surface area contributed by atoms with Crippen molar-refractivity contribution in [1.29, 1.82) is 5.41 Å². The van der Waals surface area contributed by atoms with Gasteiger partial charge in [0.05, 0.1) is 0 Å². The molecule has 0 aliphatic heterocycles. The molecule has 18 heavy (non-hydrogen) atoms. The first-order valence-corrected chi connectivity index (χ1v) is 6.88. The summed E-state index contributed by atoms with van der Waals surface area (Å²) < 4.78 is 0. The van der Waals surface area contributed by atoms with E-state index >= 15 is 0 Å². The Morgan fingerprint density at radius 1 is 1.28 bits per heavy atom. The molecule has 1 aliphatic rings. The highest BCUT2D eigenvalue weighted by molar-refractivity contribution is 5.94. The molecule has 1 aromatic carbocycles. The van der Waals surface area contributed by atoms with E-state index in [1.54, 1.807) is 0 Å². The topological polar surface area (TPSA) is 53.1 Å². The zero-order valence-electron chi connectivity index (χ0n) is 11.2. The maximum atomic E-state index is 7.39. The van der Waals surface area contributed by atoms with Gasteiger partial charge in [0.2, 0.25) is 0 Å². The molecule has 2 rings (SSSR count). The number of nitrogens with zero attached hydrogens (tertiary/aromatic N) is 1. The van der Waals surface area contributed by atoms with Crippen molar-refractivity contribution in [2.45, 2.75) is 45.2 Å². The second-order valence-corrected chi connectivity index (χ2v) is 5.11. The molecule has 1 saturated carbocycles. The molecule has 0 unspecified atom stereocenters. The van der Waals surface area contributed by atoms with Crippen LogP contribution in [0.15, 0.2) is 24.3 Å². The molecule has 1 aliphatic carbocycles. The quantitative estimate of drug-likeness (QED) is 0.619. The third kappa shape index (κ3) is 3.10. The Labute approximate surface area is 109 Å². The van der Waals surface area contributed by atoms with Crippen molar-refractivity contribution in [2.24, 2.45) is 5.73 Å². The Morgan fingerprint density at radius 3 is 2.39 bits per heavy atom. The minimum Gasteiger partial charge on any atom is -0.384 e. The Morgan fingerprint density at radius 2 is 1.89 bits per heavy atom. The lowest BCUT2D eigenvalue weighted by atomic mass is 10.1. The van der Waals surface area contributed by atoms with Crippen molar-refractivity contribution in [1.82, 2.24) is 4.90 Å². The summed E-state index contributed by atoms with van der Waals surface area (Å²) in [5.41, 5.74) is 7.59. The number of benzene rings is 1. The van der Waals surface area contributed by atoms with Gasteiger partial charge >= 0.3 is 0 Å². The molecule has 3 N–H and O–H groups in total. The van der Waals surface area contributed by atoms with Crippen LogP contribution in [0.1, 0.15) is 43.7 Å². The summed E-state index contributed by atoms with van der Waals surface area (Å²) in [4.78, 5) is 2.57. The highest BCUT2D eigenvalue weighted by atomic mass is 15.1. The van der Waals surface area contributed by atoms with Gasteiger partial charge in [-0.1, -0.05) is 44.0 Å². The summed E-state index contributed by atoms with van der Waals surface area (Å²) in [6.45, 7) is 4.36. The molecule has 0 atom stereocenters. The van der Waals surface area contributed by atoms with E-state index < -0.39 is 0 Å². The van der Waals surface area contributed by atoms with Crippen LogP contribution < -0.4 is 5.73 Å². The molecule has 3 nitrogen and oxygen atoms in total. The maximum Gasteiger partial charge on any atom is 0.122 e. The summed E-state index contributed by atoms with van der Waals surface area (Å²) in [6.07, 6.45) is 5.45. The average molecular weight is 245 g/mol. The lowest BCUT2D eigenvalue weighted by molar-refractivity contribution is 0.200. The number of hydrogen-bond acceptors (Lipinski definition) is 2. The first kappa shape index (κ1) is 13.1. The van der Waals surface area contributed by atoms with Gasteiger partial charge in [-0.2, -0.15) is 0 Å². The summed E-state index contributed by atoms with van der Waals surface area (Å²) >= 11 is 0. The van der Waals surface area contributed by atoms with Crippen molar-refractivity contribution in [2.75, 3.05) is 6.54 Å². The van der Waals surface area contributed by atoms with Crippen LogP contribution in [0.4, 0.5) is 0 Å². The van der Waals surface area contributed by atoms with Crippen LogP contribution in [0.2, 0.25) is 0 Å². The number of nitrogen functional groups attached to an aromatic ring is 1. The summed E-state index contributed by atoms with van der Waals surface area (Å²) in [6, 6.07) is 8.84. The predicted octanol–water partition coefficient (Wildman–Crippen LogP) is 2.74. The second-order valence-electron chi connectivity index (χ2n) is 5.11. The third-order valence-corrected chi connectivity index (χ3v) is 3.90. The Bertz CT molecular complexity index is 391. The van der Waals surface area contributed by atoms with Gasteiger partial charge in [-0.3, -0.25) is 10.3 Å². The Balaban J connectivity index is 2.00. The van der Waals surface area contributed by atoms with Crippen LogP contribution in [0, 0.1) is 5.41 Å². The maximum absolute atomic E-state index is 7.39. The van der Waals surface area contributed by atoms with Gasteiger partial charge in [-0.15, -0.1) is 0 Å². The molecule has 0 saturated heterocycles. The molecule has 0 aromatic heterocycles. The molecular formula is C15H23N3. The predicted molar refractivity (Wildman–Crippen MR) is 75.8 cm³/mol. The first-order chi connectivity index (χ1) is 8.70. The molecule has 1 fully saturated rings. The van der Waals surface area contributed by atoms with E-state index in [4.69, 9.17) is 11.1 Å². The first-order valence-electron chi connectivity index (χ1n) is 6.88. The fraction of sp³-hybridized carbons (Fsp3) is 0.533. The fourth-order valence-electron chi connectivity index (χ4n) is 2.79. The van der Waals surface area contributed by atoms with Gasteiger partial charge < -0.3 is 5.73 Å². The van der Waals surface area contributed by atoms with Crippen LogP contribution in [0.5, 0.6) is 0 Å². The number of nitrogens with two attached hydrogens (primary N) is 1. The summed E-state index contributed by atoms with van der Waals surface area (Å²) in [5, 5.41) is 7.39. The molecule has 0 radical (unpaired) electrons. The van der Waals surface area contributed by atoms with Gasteiger partial charge in [0.1, 0.15) is 5.84 Å². The summed E-state index contributed by atoms with van der Waals surface area (Å²) in [7, 11) is 0. The standard InChI is InChI=1S/C15H23N3/c1-2-18(14-5-3-4-6-14)11-12-7-9-13(10-8-12)15(16)17/h7-10,14H,2-6,11H2,1H3,(H3,16,17). The number of rotatable bonds is 5. The molecule has 0 bridgehead atoms. The molecule has 0 amide bonds. The van der Waals surface area contributed by atoms with E-state index in [-0.39, 0.29) is 5.84 Å². The number of nitrogens with one attached hydrogen (secondary N) is 1. The van der Waals surface area contributed by atoms with Gasteiger partial charge in [-0.05, 0) is 24.9 Å². The number of hydrogen-bond donors (Lipinski definition) is 2. The van der Waals surface area contributed by atoms with Gasteiger partial charge in [0.25, 0.3) is 0 Å². The van der Waals surface area contributed by atoms with Crippen molar-refractivity contribution < 1.29 is 0 Å². The van der Waals surface area contributed by atoms with E-state index in [1.165, 1.54) is 31.2 Å². The van der Waals surface area contributed by atoms with Gasteiger partial charge in [0, 0.05) is 18.2 Å². The fourth-order valence-corrected chi connectivity index (χ4v) is 2.79. The van der Waals surface area contributed by atoms with Crippen molar-refractivity contribution in [3.63, 3.8) is 0 Å². The molecule has 1 aromatic rings. The minimum absolute atomic E-state index is 0.143. The smallest absolute Gasteiger partial charge is 0.122 e. The van der Waals surface area contributed by atoms with Crippen molar-refractivity contribution in [3.8, 4) is 0 Å². The van der Waals surface area contributed by atoms with E-state index in [0.29, 0.717) is 0 Å². The van der Waals surface area contributed by atoms with E-state index in [0.717, 1.165) is 24.7 Å². The van der Waals surface area contributed by atoms with E-state index in [9.17, 15) is 0 Å². The largest absolute Gasteiger partial charge is 0.384 e. The van der Waals surface area contributed by atoms with Gasteiger partial charge in [0.15, 0.2) is 0 Å². The van der Waals surface area contributed by atoms with E-state index in [2.05, 4.69) is 24.0 Å². The van der Waals surface area contributed by atoms with E-state index in [1.807, 2.05) is 12.1 Å². The SMILES string of the molecule is CCN(Cc1ccc(C(=N)N)cc1)C1CCCC1. The minimum atomic E-state index is 0.143. The lowest BCUT2D eigenvalue weighted by Crippen LogP contribution is -2.32. The normalized spacial score (nSPS) is 16.3. The van der Waals surface area contributed by atoms with Crippen LogP contribution in [-0.4, -0.2) is 23.3 Å². The molecular weight excluding hydrogens is 222 g/mol. The highest BCUT2D eigenvalue weighted by Gasteiger charge is 2.21. The third-order valence-electron chi connectivity index (χ3n) is 3.90. The Kier molecular flexibility index (Phi) is 4.37. The van der Waals surface area contributed by atoms with Crippen LogP contribution in [0.25, 0.3) is 0 Å². The zero-order valence-corrected chi connectivity index (χ0v) is 11.2. The summed E-state index contributed by atoms with van der Waals surface area (Å²) in [5.74, 6) is 0.143. The van der Waals surface area contributed by atoms with Crippen molar-refractivity contribution >= 4 is 5.84 Å². The Hall–Kier alpha value is -1.35. The monoisotopic (exact) mass is 245 g/mol. The van der Waals surface area contributed by atoms with Gasteiger partial charge in [-0.25, -0.2) is 0 Å². The second kappa shape index (κ2) is 6.01. The molecule has 0 spiro atoms. The molecule has 0 heterocycles. The lowest BCUT2D eigenvalue weighted by Gasteiger charge is -2.27. The molecule has 3 heteroatoms. The average Bonchev–Trinajstić information content (AvgIpc) is 2.90. The highest BCUT2D eigenvalue weighted by Crippen LogP contribution is 2.24. The van der Waals surface area contributed by atoms with Crippen LogP contribution in [-0.2, 0) is 6.54 Å². The zero-order chi connectivity index (χ0) is 13.0. The van der Waals surface area contributed by atoms with Crippen LogP contribution in [0.3, 0.4) is 0 Å². The number of amidine groups is 1.